The molecular weight excluding hydrogens is 524 g/mol. The normalized spacial score (nSPS) is 12.5. The second-order valence-electron chi connectivity index (χ2n) is 11.3. The van der Waals surface area contributed by atoms with Crippen molar-refractivity contribution in [2.24, 2.45) is 0 Å². The number of hydrogen-bond acceptors (Lipinski definition) is 6. The van der Waals surface area contributed by atoms with Gasteiger partial charge in [0.05, 0.1) is 13.2 Å². The lowest BCUT2D eigenvalue weighted by atomic mass is 10.0. The molecule has 2 amide bonds. The number of aliphatic hydroxyl groups excluding tert-OH is 1. The van der Waals surface area contributed by atoms with Gasteiger partial charge in [-0.3, -0.25) is 14.4 Å². The Hall–Kier alpha value is -2.16. The zero-order valence-electron chi connectivity index (χ0n) is 26.1. The molecule has 0 saturated heterocycles. The Morgan fingerprint density at radius 1 is 0.634 bits per heavy atom. The molecule has 0 aromatic heterocycles. The van der Waals surface area contributed by atoms with Crippen LogP contribution in [0.15, 0.2) is 0 Å². The van der Waals surface area contributed by atoms with Crippen LogP contribution in [-0.2, 0) is 23.9 Å². The number of rotatable bonds is 29. The number of unbranched alkanes of at least 4 members (excludes halogenated alkanes) is 15. The van der Waals surface area contributed by atoms with Crippen LogP contribution in [0.3, 0.4) is 0 Å². The molecule has 0 spiro atoms. The summed E-state index contributed by atoms with van der Waals surface area (Å²) in [5, 5.41) is 22.4. The number of carboxylic acid groups (broad SMARTS) is 1. The molecule has 41 heavy (non-hydrogen) atoms. The number of aliphatic carboxylic acids is 1. The van der Waals surface area contributed by atoms with Crippen molar-refractivity contribution in [3.05, 3.63) is 0 Å². The lowest BCUT2D eigenvalue weighted by Gasteiger charge is -2.18. The molecule has 0 aliphatic carbocycles. The largest absolute Gasteiger partial charge is 0.480 e. The van der Waals surface area contributed by atoms with Gasteiger partial charge in [0.2, 0.25) is 11.8 Å². The first kappa shape index (κ1) is 38.8. The molecule has 0 saturated carbocycles. The smallest absolute Gasteiger partial charge is 0.328 e. The fourth-order valence-corrected chi connectivity index (χ4v) is 4.76. The lowest BCUT2D eigenvalue weighted by Crippen LogP contribution is -2.47. The number of ether oxygens (including phenoxy) is 1. The van der Waals surface area contributed by atoms with E-state index in [1.807, 2.05) is 0 Å². The van der Waals surface area contributed by atoms with Gasteiger partial charge >= 0.3 is 11.9 Å². The van der Waals surface area contributed by atoms with Crippen molar-refractivity contribution in [3.8, 4) is 0 Å². The van der Waals surface area contributed by atoms with Gasteiger partial charge in [0.15, 0.2) is 0 Å². The predicted molar refractivity (Wildman–Crippen MR) is 162 cm³/mol. The molecule has 4 N–H and O–H groups in total. The van der Waals surface area contributed by atoms with E-state index in [1.165, 1.54) is 70.6 Å². The molecule has 2 atom stereocenters. The lowest BCUT2D eigenvalue weighted by molar-refractivity contribution is -0.150. The summed E-state index contributed by atoms with van der Waals surface area (Å²) < 4.78 is 5.79. The maximum Gasteiger partial charge on any atom is 0.328 e. The zero-order valence-corrected chi connectivity index (χ0v) is 26.1. The Morgan fingerprint density at radius 3 is 1.66 bits per heavy atom. The summed E-state index contributed by atoms with van der Waals surface area (Å²) in [5.41, 5.74) is 0. The number of hydrogen-bond donors (Lipinski definition) is 4. The molecule has 0 fully saturated rings. The number of carboxylic acids is 1. The topological polar surface area (TPSA) is 142 Å². The molecule has 0 heterocycles. The molecule has 0 aliphatic rings. The van der Waals surface area contributed by atoms with Crippen molar-refractivity contribution in [2.75, 3.05) is 13.2 Å². The van der Waals surface area contributed by atoms with Crippen LogP contribution in [0.25, 0.3) is 0 Å². The Kier molecular flexibility index (Phi) is 26.5. The summed E-state index contributed by atoms with van der Waals surface area (Å²) in [5.74, 6) is -2.39. The van der Waals surface area contributed by atoms with Gasteiger partial charge in [-0.15, -0.1) is 0 Å². The van der Waals surface area contributed by atoms with Gasteiger partial charge < -0.3 is 25.6 Å². The molecule has 240 valence electrons. The van der Waals surface area contributed by atoms with E-state index in [0.717, 1.165) is 51.4 Å². The third-order valence-corrected chi connectivity index (χ3v) is 7.35. The van der Waals surface area contributed by atoms with Gasteiger partial charge in [-0.1, -0.05) is 110 Å². The molecule has 0 aromatic rings. The molecule has 0 aromatic carbocycles. The van der Waals surface area contributed by atoms with Crippen molar-refractivity contribution in [2.45, 2.75) is 167 Å². The van der Waals surface area contributed by atoms with E-state index in [4.69, 9.17) is 14.9 Å². The van der Waals surface area contributed by atoms with Gasteiger partial charge in [-0.2, -0.15) is 0 Å². The van der Waals surface area contributed by atoms with E-state index in [0.29, 0.717) is 12.8 Å². The zero-order chi connectivity index (χ0) is 30.6. The van der Waals surface area contributed by atoms with Crippen molar-refractivity contribution in [3.63, 3.8) is 0 Å². The van der Waals surface area contributed by atoms with E-state index >= 15 is 0 Å². The van der Waals surface area contributed by atoms with Crippen molar-refractivity contribution < 1.29 is 34.1 Å². The maximum absolute atomic E-state index is 12.4. The monoisotopic (exact) mass is 584 g/mol. The Morgan fingerprint density at radius 2 is 1.12 bits per heavy atom. The van der Waals surface area contributed by atoms with Crippen LogP contribution < -0.4 is 10.6 Å². The number of amides is 2. The molecule has 0 rings (SSSR count). The van der Waals surface area contributed by atoms with Crippen LogP contribution in [0.4, 0.5) is 0 Å². The summed E-state index contributed by atoms with van der Waals surface area (Å²) in [7, 11) is 0. The third-order valence-electron chi connectivity index (χ3n) is 7.35. The predicted octanol–water partition coefficient (Wildman–Crippen LogP) is 6.20. The van der Waals surface area contributed by atoms with E-state index in [1.54, 1.807) is 0 Å². The number of aliphatic hydroxyl groups is 1. The van der Waals surface area contributed by atoms with E-state index in [9.17, 15) is 19.2 Å². The van der Waals surface area contributed by atoms with Gasteiger partial charge in [-0.05, 0) is 32.1 Å². The standard InChI is InChI=1S/C32H60N2O7/c1-3-5-7-8-9-10-11-12-13-14-15-16-20-24-31(38)41-27(21-6-4-2)22-18-17-19-23-29(36)33-25-30(37)34-28(26-35)32(39)40/h27-28,35H,3-26H2,1-2H3,(H,33,36)(H,34,37)(H,39,40). The SMILES string of the molecule is CCCCCCCCCCCCCCCC(=O)OC(CCCC)CCCCCC(=O)NCC(=O)NC(CO)C(=O)O. The average molecular weight is 585 g/mol. The molecular formula is C32H60N2O7. The Balaban J connectivity index is 3.91. The third kappa shape index (κ3) is 25.3. The Labute approximate surface area is 249 Å². The molecule has 2 unspecified atom stereocenters. The summed E-state index contributed by atoms with van der Waals surface area (Å²) in [6, 6.07) is -1.39. The van der Waals surface area contributed by atoms with E-state index in [-0.39, 0.29) is 30.9 Å². The average Bonchev–Trinajstić information content (AvgIpc) is 2.95. The molecule has 0 aliphatic heterocycles. The van der Waals surface area contributed by atoms with Crippen molar-refractivity contribution >= 4 is 23.8 Å². The maximum atomic E-state index is 12.4. The van der Waals surface area contributed by atoms with Crippen LogP contribution >= 0.6 is 0 Å². The summed E-state index contributed by atoms with van der Waals surface area (Å²) in [4.78, 5) is 46.9. The summed E-state index contributed by atoms with van der Waals surface area (Å²) in [6.45, 7) is 3.32. The minimum atomic E-state index is -1.39. The highest BCUT2D eigenvalue weighted by molar-refractivity contribution is 5.87. The quantitative estimate of drug-likeness (QED) is 0.0606. The minimum absolute atomic E-state index is 0.0735. The van der Waals surface area contributed by atoms with Gasteiger partial charge in [0, 0.05) is 12.8 Å². The first-order valence-electron chi connectivity index (χ1n) is 16.4. The van der Waals surface area contributed by atoms with Crippen LogP contribution in [0.5, 0.6) is 0 Å². The van der Waals surface area contributed by atoms with Crippen LogP contribution in [-0.4, -0.2) is 59.3 Å². The summed E-state index contributed by atoms with van der Waals surface area (Å²) in [6.07, 6.45) is 23.3. The van der Waals surface area contributed by atoms with E-state index < -0.39 is 24.5 Å². The second kappa shape index (κ2) is 28.0. The molecule has 0 bridgehead atoms. The van der Waals surface area contributed by atoms with Crippen LogP contribution in [0.2, 0.25) is 0 Å². The Bertz CT molecular complexity index is 687. The van der Waals surface area contributed by atoms with Gasteiger partial charge in [-0.25, -0.2) is 4.79 Å². The fourth-order valence-electron chi connectivity index (χ4n) is 4.76. The van der Waals surface area contributed by atoms with E-state index in [2.05, 4.69) is 24.5 Å². The van der Waals surface area contributed by atoms with Gasteiger partial charge in [0.25, 0.3) is 0 Å². The molecule has 0 radical (unpaired) electrons. The van der Waals surface area contributed by atoms with Crippen molar-refractivity contribution in [1.29, 1.82) is 0 Å². The number of nitrogens with one attached hydrogen (secondary N) is 2. The second-order valence-corrected chi connectivity index (χ2v) is 11.3. The number of carbonyl (C=O) groups excluding carboxylic acids is 3. The van der Waals surface area contributed by atoms with Gasteiger partial charge in [0.1, 0.15) is 12.1 Å². The highest BCUT2D eigenvalue weighted by Gasteiger charge is 2.19. The first-order chi connectivity index (χ1) is 19.8. The number of esters is 1. The first-order valence-corrected chi connectivity index (χ1v) is 16.4. The van der Waals surface area contributed by atoms with Crippen LogP contribution in [0.1, 0.15) is 155 Å². The highest BCUT2D eigenvalue weighted by Crippen LogP contribution is 2.17. The van der Waals surface area contributed by atoms with Crippen molar-refractivity contribution in [1.82, 2.24) is 10.6 Å². The summed E-state index contributed by atoms with van der Waals surface area (Å²) >= 11 is 0. The minimum Gasteiger partial charge on any atom is -0.480 e. The highest BCUT2D eigenvalue weighted by atomic mass is 16.5. The molecule has 9 heteroatoms. The van der Waals surface area contributed by atoms with Crippen LogP contribution in [0, 0.1) is 0 Å². The fraction of sp³-hybridized carbons (Fsp3) is 0.875. The molecule has 9 nitrogen and oxygen atoms in total. The number of carbonyl (C=O) groups is 4.